The van der Waals surface area contributed by atoms with Crippen LogP contribution in [-0.4, -0.2) is 89.1 Å². The van der Waals surface area contributed by atoms with Crippen molar-refractivity contribution in [3.63, 3.8) is 0 Å². The Labute approximate surface area is 372 Å². The fourth-order valence-electron chi connectivity index (χ4n) is 9.12. The first-order valence-corrected chi connectivity index (χ1v) is 22.1. The summed E-state index contributed by atoms with van der Waals surface area (Å²) in [6.45, 7) is 1.19. The maximum atomic E-state index is 13.6. The van der Waals surface area contributed by atoms with E-state index in [-0.39, 0.29) is 36.7 Å². The molecular weight excluding hydrogens is 809 g/mol. The summed E-state index contributed by atoms with van der Waals surface area (Å²) in [6.07, 6.45) is 7.13. The van der Waals surface area contributed by atoms with Crippen LogP contribution in [0.5, 0.6) is 0 Å². The minimum Gasteiger partial charge on any atom is -0.465 e. The van der Waals surface area contributed by atoms with Crippen LogP contribution >= 0.6 is 0 Å². The number of carboxylic acid groups (broad SMARTS) is 2. The van der Waals surface area contributed by atoms with Crippen molar-refractivity contribution in [3.8, 4) is 33.6 Å². The van der Waals surface area contributed by atoms with Crippen molar-refractivity contribution in [2.75, 3.05) is 13.1 Å². The molecule has 4 atom stereocenters. The van der Waals surface area contributed by atoms with Crippen molar-refractivity contribution in [2.45, 2.75) is 88.4 Å². The van der Waals surface area contributed by atoms with E-state index in [0.717, 1.165) is 82.1 Å². The lowest BCUT2D eigenvalue weighted by atomic mass is 10.0. The predicted molar refractivity (Wildman–Crippen MR) is 243 cm³/mol. The molecule has 0 unspecified atom stereocenters. The van der Waals surface area contributed by atoms with Gasteiger partial charge in [0.2, 0.25) is 11.8 Å². The van der Waals surface area contributed by atoms with Crippen LogP contribution in [0.4, 0.5) is 9.59 Å². The van der Waals surface area contributed by atoms with Crippen molar-refractivity contribution in [1.29, 1.82) is 0 Å². The first-order chi connectivity index (χ1) is 31.2. The summed E-state index contributed by atoms with van der Waals surface area (Å²) in [6, 6.07) is 34.8. The number of rotatable bonds is 17. The number of carbonyl (C=O) groups is 4. The second-order valence-corrected chi connectivity index (χ2v) is 16.8. The molecule has 0 spiro atoms. The number of nitrogens with zero attached hydrogens (tertiary/aromatic N) is 4. The highest BCUT2D eigenvalue weighted by molar-refractivity contribution is 5.79. The number of nitrogens with one attached hydrogen (secondary N) is 4. The average molecular weight is 863 g/mol. The molecule has 4 heterocycles. The molecule has 2 fully saturated rings. The van der Waals surface area contributed by atoms with Crippen molar-refractivity contribution >= 4 is 24.0 Å². The van der Waals surface area contributed by atoms with Gasteiger partial charge in [-0.1, -0.05) is 109 Å². The predicted octanol–water partition coefficient (Wildman–Crippen LogP) is 8.78. The van der Waals surface area contributed by atoms with E-state index >= 15 is 0 Å². The Morgan fingerprint density at radius 3 is 1.31 bits per heavy atom. The molecule has 2 aliphatic heterocycles. The lowest BCUT2D eigenvalue weighted by Crippen LogP contribution is -2.40. The normalized spacial score (nSPS) is 16.9. The van der Waals surface area contributed by atoms with Crippen LogP contribution < -0.4 is 10.6 Å². The quantitative estimate of drug-likeness (QED) is 0.0523. The molecule has 6 aromatic rings. The molecule has 8 rings (SSSR count). The van der Waals surface area contributed by atoms with Crippen LogP contribution in [0.2, 0.25) is 0 Å². The first-order valence-electron chi connectivity index (χ1n) is 22.1. The monoisotopic (exact) mass is 862 g/mol. The molecule has 64 heavy (non-hydrogen) atoms. The van der Waals surface area contributed by atoms with E-state index in [1.807, 2.05) is 94.7 Å². The lowest BCUT2D eigenvalue weighted by molar-refractivity contribution is -0.133. The van der Waals surface area contributed by atoms with Crippen LogP contribution in [0.15, 0.2) is 122 Å². The lowest BCUT2D eigenvalue weighted by Gasteiger charge is -2.26. The highest BCUT2D eigenvalue weighted by Crippen LogP contribution is 2.35. The number of aryl methyl sites for hydroxylation is 2. The van der Waals surface area contributed by atoms with Gasteiger partial charge < -0.3 is 40.6 Å². The first kappa shape index (κ1) is 43.4. The number of aromatic amines is 2. The molecule has 2 aliphatic rings. The number of imidazole rings is 2. The summed E-state index contributed by atoms with van der Waals surface area (Å²) in [5.74, 6) is 1.27. The fourth-order valence-corrected chi connectivity index (χ4v) is 9.12. The standard InChI is InChI=1S/C50H54N8O6/c59-45(29-39(53-49(61)62)25-15-33-9-3-1-4-10-33)57-27-7-13-43(57)47-51-31-41(55-47)37-21-17-35(18-22-37)36-19-23-38(24-20-36)42-32-52-48(56-42)44-14-8-28-58(44)46(60)30-40(54-50(63)64)26-16-34-11-5-2-6-12-34/h1-6,9-12,17-24,31-32,39-40,43-44,53-54H,7-8,13-16,25-30H2,(H,51,55)(H,52,56)(H,61,62)(H,63,64)/t39-,40-,43+,44+/m1/s1. The summed E-state index contributed by atoms with van der Waals surface area (Å²) in [7, 11) is 0. The van der Waals surface area contributed by atoms with Crippen molar-refractivity contribution in [3.05, 3.63) is 144 Å². The van der Waals surface area contributed by atoms with Crippen LogP contribution in [0.1, 0.15) is 86.2 Å². The topological polar surface area (TPSA) is 197 Å². The summed E-state index contributed by atoms with van der Waals surface area (Å²) in [5.41, 5.74) is 7.91. The highest BCUT2D eigenvalue weighted by Gasteiger charge is 2.35. The number of hydrogen-bond acceptors (Lipinski definition) is 6. The van der Waals surface area contributed by atoms with Crippen LogP contribution in [0.3, 0.4) is 0 Å². The van der Waals surface area contributed by atoms with Gasteiger partial charge in [0.1, 0.15) is 11.6 Å². The van der Waals surface area contributed by atoms with Gasteiger partial charge >= 0.3 is 12.2 Å². The van der Waals surface area contributed by atoms with Crippen LogP contribution in [-0.2, 0) is 22.4 Å². The van der Waals surface area contributed by atoms with E-state index in [4.69, 9.17) is 9.97 Å². The zero-order valence-electron chi connectivity index (χ0n) is 35.7. The second kappa shape index (κ2) is 20.3. The molecule has 2 saturated heterocycles. The molecule has 14 nitrogen and oxygen atoms in total. The average Bonchev–Trinajstić information content (AvgIpc) is 4.15. The van der Waals surface area contributed by atoms with Crippen molar-refractivity contribution in [1.82, 2.24) is 40.4 Å². The molecule has 6 N–H and O–H groups in total. The van der Waals surface area contributed by atoms with Gasteiger partial charge in [0, 0.05) is 38.0 Å². The number of amides is 4. The van der Waals surface area contributed by atoms with Gasteiger partial charge in [0.05, 0.1) is 35.9 Å². The molecular formula is C50H54N8O6. The molecule has 0 radical (unpaired) electrons. The Morgan fingerprint density at radius 2 is 0.938 bits per heavy atom. The number of hydrogen-bond donors (Lipinski definition) is 6. The molecule has 4 amide bonds. The van der Waals surface area contributed by atoms with Gasteiger partial charge in [-0.25, -0.2) is 19.6 Å². The third-order valence-electron chi connectivity index (χ3n) is 12.4. The van der Waals surface area contributed by atoms with Gasteiger partial charge in [0.25, 0.3) is 0 Å². The van der Waals surface area contributed by atoms with Gasteiger partial charge in [0.15, 0.2) is 0 Å². The number of likely N-dealkylation sites (tertiary alicyclic amines) is 2. The summed E-state index contributed by atoms with van der Waals surface area (Å²) in [4.78, 5) is 70.3. The van der Waals surface area contributed by atoms with E-state index in [2.05, 4.69) is 44.9 Å². The Kier molecular flexibility index (Phi) is 13.8. The van der Waals surface area contributed by atoms with Crippen LogP contribution in [0.25, 0.3) is 33.6 Å². The fraction of sp³-hybridized carbons (Fsp3) is 0.320. The number of carbonyl (C=O) groups excluding carboxylic acids is 2. The molecule has 0 saturated carbocycles. The number of benzene rings is 4. The zero-order chi connectivity index (χ0) is 44.4. The van der Waals surface area contributed by atoms with Gasteiger partial charge in [-0.15, -0.1) is 0 Å². The van der Waals surface area contributed by atoms with E-state index in [1.165, 1.54) is 0 Å². The van der Waals surface area contributed by atoms with E-state index in [9.17, 15) is 29.4 Å². The van der Waals surface area contributed by atoms with Crippen molar-refractivity contribution < 1.29 is 29.4 Å². The highest BCUT2D eigenvalue weighted by atomic mass is 16.4. The maximum absolute atomic E-state index is 13.6. The largest absolute Gasteiger partial charge is 0.465 e. The smallest absolute Gasteiger partial charge is 0.404 e. The summed E-state index contributed by atoms with van der Waals surface area (Å²) >= 11 is 0. The third kappa shape index (κ3) is 10.9. The Morgan fingerprint density at radius 1 is 0.562 bits per heavy atom. The SMILES string of the molecule is O=C(O)N[C@H](CCc1ccccc1)CC(=O)N1CCC[C@H]1c1ncc(-c2ccc(-c3ccc(-c4cnc([C@@H]5CCCN5C(=O)C[C@@H](CCc5ccccc5)NC(=O)O)[nH]4)cc3)cc2)[nH]1. The van der Waals surface area contributed by atoms with Crippen LogP contribution in [0, 0.1) is 0 Å². The minimum absolute atomic E-state index is 0.0871. The molecule has 4 aromatic carbocycles. The Bertz CT molecular complexity index is 2330. The van der Waals surface area contributed by atoms with E-state index < -0.39 is 24.3 Å². The molecule has 2 aromatic heterocycles. The Balaban J connectivity index is 0.865. The molecule has 0 bridgehead atoms. The Hall–Kier alpha value is -7.22. The third-order valence-corrected chi connectivity index (χ3v) is 12.4. The number of H-pyrrole nitrogens is 2. The summed E-state index contributed by atoms with van der Waals surface area (Å²) in [5, 5.41) is 24.1. The van der Waals surface area contributed by atoms with E-state index in [0.29, 0.717) is 38.8 Å². The number of aromatic nitrogens is 4. The van der Waals surface area contributed by atoms with Gasteiger partial charge in [-0.05, 0) is 84.7 Å². The maximum Gasteiger partial charge on any atom is 0.404 e. The molecule has 0 aliphatic carbocycles. The molecule has 330 valence electrons. The molecule has 14 heteroatoms. The zero-order valence-corrected chi connectivity index (χ0v) is 35.7. The minimum atomic E-state index is -1.13. The second-order valence-electron chi connectivity index (χ2n) is 16.8. The van der Waals surface area contributed by atoms with E-state index in [1.54, 1.807) is 12.4 Å². The van der Waals surface area contributed by atoms with Gasteiger partial charge in [-0.2, -0.15) is 0 Å². The summed E-state index contributed by atoms with van der Waals surface area (Å²) < 4.78 is 0. The van der Waals surface area contributed by atoms with Crippen molar-refractivity contribution in [2.24, 2.45) is 0 Å². The van der Waals surface area contributed by atoms with Gasteiger partial charge in [-0.3, -0.25) is 9.59 Å².